The minimum absolute atomic E-state index is 0.0128. The van der Waals surface area contributed by atoms with Crippen LogP contribution in [0.4, 0.5) is 0 Å². The van der Waals surface area contributed by atoms with E-state index in [9.17, 15) is 19.8 Å². The maximum Gasteiger partial charge on any atom is 0.330 e. The molecule has 4 atom stereocenters. The van der Waals surface area contributed by atoms with E-state index in [2.05, 4.69) is 13.2 Å². The van der Waals surface area contributed by atoms with Crippen LogP contribution in [0.5, 0.6) is 0 Å². The highest BCUT2D eigenvalue weighted by Gasteiger charge is 2.12. The van der Waals surface area contributed by atoms with Crippen molar-refractivity contribution >= 4 is 11.9 Å². The lowest BCUT2D eigenvalue weighted by Crippen LogP contribution is -2.28. The van der Waals surface area contributed by atoms with Crippen LogP contribution in [-0.4, -0.2) is 99.4 Å². The van der Waals surface area contributed by atoms with Gasteiger partial charge < -0.3 is 38.6 Å². The Morgan fingerprint density at radius 3 is 1.43 bits per heavy atom. The van der Waals surface area contributed by atoms with Crippen LogP contribution in [-0.2, 0) is 38.0 Å². The molecule has 0 saturated carbocycles. The number of rotatable bonds is 19. The van der Waals surface area contributed by atoms with Crippen molar-refractivity contribution in [2.24, 2.45) is 0 Å². The summed E-state index contributed by atoms with van der Waals surface area (Å²) in [4.78, 5) is 21.8. The average Bonchev–Trinajstić information content (AvgIpc) is 2.74. The van der Waals surface area contributed by atoms with Crippen LogP contribution in [0.1, 0.15) is 13.8 Å². The van der Waals surface area contributed by atoms with E-state index in [0.29, 0.717) is 26.4 Å². The van der Waals surface area contributed by atoms with Crippen LogP contribution in [0.25, 0.3) is 0 Å². The third-order valence-electron chi connectivity index (χ3n) is 3.39. The van der Waals surface area contributed by atoms with Crippen LogP contribution in [0, 0.1) is 0 Å². The van der Waals surface area contributed by atoms with E-state index in [4.69, 9.17) is 28.4 Å². The zero-order valence-electron chi connectivity index (χ0n) is 17.7. The lowest BCUT2D eigenvalue weighted by Gasteiger charge is -2.17. The van der Waals surface area contributed by atoms with Gasteiger partial charge in [-0.3, -0.25) is 0 Å². The number of hydrogen-bond donors (Lipinski definition) is 2. The summed E-state index contributed by atoms with van der Waals surface area (Å²) in [5.74, 6) is -1.20. The molecule has 0 saturated heterocycles. The Kier molecular flexibility index (Phi) is 16.9. The summed E-state index contributed by atoms with van der Waals surface area (Å²) in [5.41, 5.74) is 0. The third-order valence-corrected chi connectivity index (χ3v) is 3.39. The van der Waals surface area contributed by atoms with Gasteiger partial charge in [-0.05, 0) is 13.8 Å². The van der Waals surface area contributed by atoms with Crippen LogP contribution in [0.3, 0.4) is 0 Å². The summed E-state index contributed by atoms with van der Waals surface area (Å²) in [7, 11) is 0. The second-order valence-electron chi connectivity index (χ2n) is 6.41. The van der Waals surface area contributed by atoms with Crippen molar-refractivity contribution < 1.29 is 48.2 Å². The number of aliphatic hydroxyl groups excluding tert-OH is 2. The van der Waals surface area contributed by atoms with Crippen molar-refractivity contribution in [3.05, 3.63) is 25.3 Å². The first-order chi connectivity index (χ1) is 14.3. The summed E-state index contributed by atoms with van der Waals surface area (Å²) in [6.45, 7) is 11.1. The van der Waals surface area contributed by atoms with Gasteiger partial charge in [0, 0.05) is 12.2 Å². The van der Waals surface area contributed by atoms with Crippen molar-refractivity contribution in [3.8, 4) is 0 Å². The molecule has 0 rings (SSSR count). The number of aliphatic hydroxyl groups is 2. The minimum atomic E-state index is -0.922. The summed E-state index contributed by atoms with van der Waals surface area (Å²) in [6.07, 6.45) is -0.317. The number of carbonyl (C=O) groups is 2. The Morgan fingerprint density at radius 2 is 1.10 bits per heavy atom. The number of ether oxygens (including phenoxy) is 6. The van der Waals surface area contributed by atoms with E-state index in [1.54, 1.807) is 13.8 Å². The van der Waals surface area contributed by atoms with E-state index >= 15 is 0 Å². The Morgan fingerprint density at radius 1 is 0.733 bits per heavy atom. The zero-order valence-corrected chi connectivity index (χ0v) is 17.7. The van der Waals surface area contributed by atoms with Crippen LogP contribution in [0.2, 0.25) is 0 Å². The Bertz CT molecular complexity index is 452. The van der Waals surface area contributed by atoms with E-state index in [-0.39, 0.29) is 38.6 Å². The van der Waals surface area contributed by atoms with Gasteiger partial charge in [0.2, 0.25) is 0 Å². The zero-order chi connectivity index (χ0) is 22.8. The fourth-order valence-electron chi connectivity index (χ4n) is 1.83. The van der Waals surface area contributed by atoms with Gasteiger partial charge in [-0.15, -0.1) is 0 Å². The van der Waals surface area contributed by atoms with Crippen LogP contribution in [0.15, 0.2) is 25.3 Å². The van der Waals surface area contributed by atoms with Gasteiger partial charge in [0.25, 0.3) is 0 Å². The fraction of sp³-hybridized carbons (Fsp3) is 0.700. The van der Waals surface area contributed by atoms with E-state index in [0.717, 1.165) is 12.2 Å². The van der Waals surface area contributed by atoms with E-state index in [1.807, 2.05) is 0 Å². The molecular weight excluding hydrogens is 400 g/mol. The predicted molar refractivity (Wildman–Crippen MR) is 107 cm³/mol. The number of carbonyl (C=O) groups excluding carboxylic acids is 2. The van der Waals surface area contributed by atoms with Gasteiger partial charge in [0.05, 0.1) is 51.8 Å². The molecule has 0 spiro atoms. The topological polar surface area (TPSA) is 130 Å². The molecule has 10 nitrogen and oxygen atoms in total. The standard InChI is InChI=1S/C20H34O10/c1-5-19(23)29-13-17(21)11-27-15(3)9-25-7-8-26-10-16(4)28-12-18(22)14-30-20(24)6-2/h5-6,15-18,21-22H,1-2,7-14H2,3-4H3. The Labute approximate surface area is 177 Å². The fourth-order valence-corrected chi connectivity index (χ4v) is 1.83. The summed E-state index contributed by atoms with van der Waals surface area (Å²) >= 11 is 0. The molecule has 10 heteroatoms. The quantitative estimate of drug-likeness (QED) is 0.163. The lowest BCUT2D eigenvalue weighted by molar-refractivity contribution is -0.143. The molecule has 0 aromatic rings. The first-order valence-electron chi connectivity index (χ1n) is 9.61. The van der Waals surface area contributed by atoms with E-state index < -0.39 is 24.1 Å². The number of esters is 2. The molecule has 0 radical (unpaired) electrons. The minimum Gasteiger partial charge on any atom is -0.460 e. The lowest BCUT2D eigenvalue weighted by atomic mass is 10.4. The maximum atomic E-state index is 10.9. The SMILES string of the molecule is C=CC(=O)OCC(O)COC(C)COCCOCC(C)OCC(O)COC(=O)C=C. The molecule has 4 unspecified atom stereocenters. The highest BCUT2D eigenvalue weighted by Crippen LogP contribution is 1.98. The summed E-state index contributed by atoms with van der Waals surface area (Å²) < 4.78 is 31.0. The largest absolute Gasteiger partial charge is 0.460 e. The van der Waals surface area contributed by atoms with Crippen molar-refractivity contribution in [2.45, 2.75) is 38.3 Å². The molecule has 0 fully saturated rings. The highest BCUT2D eigenvalue weighted by molar-refractivity contribution is 5.81. The van der Waals surface area contributed by atoms with Gasteiger partial charge in [-0.25, -0.2) is 9.59 Å². The van der Waals surface area contributed by atoms with E-state index in [1.165, 1.54) is 0 Å². The van der Waals surface area contributed by atoms with Gasteiger partial charge >= 0.3 is 11.9 Å². The van der Waals surface area contributed by atoms with Gasteiger partial charge in [0.1, 0.15) is 25.4 Å². The molecular formula is C20H34O10. The van der Waals surface area contributed by atoms with Crippen molar-refractivity contribution in [1.29, 1.82) is 0 Å². The van der Waals surface area contributed by atoms with Crippen LogP contribution >= 0.6 is 0 Å². The van der Waals surface area contributed by atoms with Gasteiger partial charge in [-0.2, -0.15) is 0 Å². The number of hydrogen-bond acceptors (Lipinski definition) is 10. The van der Waals surface area contributed by atoms with Crippen molar-refractivity contribution in [2.75, 3.05) is 52.9 Å². The summed E-state index contributed by atoms with van der Waals surface area (Å²) in [5, 5.41) is 19.3. The van der Waals surface area contributed by atoms with Crippen LogP contribution < -0.4 is 0 Å². The molecule has 0 bridgehead atoms. The molecule has 0 aliphatic rings. The molecule has 174 valence electrons. The first kappa shape index (κ1) is 28.2. The highest BCUT2D eigenvalue weighted by atomic mass is 16.6. The molecule has 30 heavy (non-hydrogen) atoms. The monoisotopic (exact) mass is 434 g/mol. The second-order valence-corrected chi connectivity index (χ2v) is 6.41. The molecule has 0 amide bonds. The maximum absolute atomic E-state index is 10.9. The molecule has 0 aliphatic heterocycles. The van der Waals surface area contributed by atoms with Crippen molar-refractivity contribution in [1.82, 2.24) is 0 Å². The van der Waals surface area contributed by atoms with Gasteiger partial charge in [-0.1, -0.05) is 13.2 Å². The Hall–Kier alpha value is -1.82. The molecule has 0 aromatic heterocycles. The summed E-state index contributed by atoms with van der Waals surface area (Å²) in [6, 6.07) is 0. The average molecular weight is 434 g/mol. The molecule has 0 aliphatic carbocycles. The normalized spacial score (nSPS) is 14.9. The predicted octanol–water partition coefficient (Wildman–Crippen LogP) is 0.0100. The van der Waals surface area contributed by atoms with Crippen molar-refractivity contribution in [3.63, 3.8) is 0 Å². The molecule has 0 aromatic carbocycles. The Balaban J connectivity index is 3.60. The third kappa shape index (κ3) is 17.1. The first-order valence-corrected chi connectivity index (χ1v) is 9.61. The second kappa shape index (κ2) is 18.0. The molecule has 2 N–H and O–H groups in total. The smallest absolute Gasteiger partial charge is 0.330 e. The molecule has 0 heterocycles. The van der Waals surface area contributed by atoms with Gasteiger partial charge in [0.15, 0.2) is 0 Å².